The number of amides is 1. The molecule has 0 saturated carbocycles. The number of H-pyrrole nitrogens is 1. The fraction of sp³-hybridized carbons (Fsp3) is 0.500. The molecule has 0 bridgehead atoms. The van der Waals surface area contributed by atoms with Crippen molar-refractivity contribution in [1.29, 1.82) is 0 Å². The predicted molar refractivity (Wildman–Crippen MR) is 80.9 cm³/mol. The van der Waals surface area contributed by atoms with Gasteiger partial charge in [-0.25, -0.2) is 4.98 Å². The van der Waals surface area contributed by atoms with Crippen molar-refractivity contribution in [3.63, 3.8) is 0 Å². The minimum Gasteiger partial charge on any atom is -0.385 e. The molecule has 1 aliphatic rings. The number of rotatable bonds is 5. The molecule has 1 amide bonds. The smallest absolute Gasteiger partial charge is 0.223 e. The molecule has 1 aliphatic heterocycles. The van der Waals surface area contributed by atoms with Gasteiger partial charge in [0.15, 0.2) is 0 Å². The fourth-order valence-corrected chi connectivity index (χ4v) is 2.99. The molecule has 2 heterocycles. The number of ether oxygens (including phenoxy) is 1. The van der Waals surface area contributed by atoms with E-state index in [4.69, 9.17) is 4.74 Å². The molecule has 3 rings (SSSR count). The highest BCUT2D eigenvalue weighted by molar-refractivity contribution is 5.78. The van der Waals surface area contributed by atoms with Gasteiger partial charge in [-0.05, 0) is 31.4 Å². The Balaban J connectivity index is 1.75. The minimum atomic E-state index is 0.0902. The van der Waals surface area contributed by atoms with E-state index in [1.54, 1.807) is 7.11 Å². The van der Waals surface area contributed by atoms with Crippen molar-refractivity contribution in [2.24, 2.45) is 0 Å². The highest BCUT2D eigenvalue weighted by Gasteiger charge is 2.31. The Morgan fingerprint density at radius 3 is 3.14 bits per heavy atom. The van der Waals surface area contributed by atoms with Gasteiger partial charge in [-0.2, -0.15) is 0 Å². The highest BCUT2D eigenvalue weighted by Crippen LogP contribution is 2.31. The number of methoxy groups -OCH3 is 1. The van der Waals surface area contributed by atoms with Crippen LogP contribution in [0.4, 0.5) is 0 Å². The van der Waals surface area contributed by atoms with Crippen molar-refractivity contribution >= 4 is 16.9 Å². The normalized spacial score (nSPS) is 18.5. The van der Waals surface area contributed by atoms with Crippen molar-refractivity contribution < 1.29 is 9.53 Å². The number of para-hydroxylation sites is 2. The lowest BCUT2D eigenvalue weighted by atomic mass is 10.2. The maximum atomic E-state index is 12.3. The van der Waals surface area contributed by atoms with Crippen molar-refractivity contribution in [2.45, 2.75) is 31.7 Å². The lowest BCUT2D eigenvalue weighted by Gasteiger charge is -2.23. The van der Waals surface area contributed by atoms with Gasteiger partial charge >= 0.3 is 0 Å². The molecule has 1 aromatic heterocycles. The zero-order valence-corrected chi connectivity index (χ0v) is 12.3. The molecule has 21 heavy (non-hydrogen) atoms. The largest absolute Gasteiger partial charge is 0.385 e. The number of benzene rings is 1. The zero-order valence-electron chi connectivity index (χ0n) is 12.3. The number of imidazole rings is 1. The van der Waals surface area contributed by atoms with E-state index in [1.807, 2.05) is 29.2 Å². The van der Waals surface area contributed by atoms with Gasteiger partial charge < -0.3 is 14.6 Å². The number of aromatic nitrogens is 2. The third-order valence-corrected chi connectivity index (χ3v) is 4.04. The molecule has 1 aromatic carbocycles. The minimum absolute atomic E-state index is 0.0902. The summed E-state index contributed by atoms with van der Waals surface area (Å²) in [5.74, 6) is 1.11. The summed E-state index contributed by atoms with van der Waals surface area (Å²) >= 11 is 0. The van der Waals surface area contributed by atoms with E-state index in [0.29, 0.717) is 13.0 Å². The molecule has 1 unspecified atom stereocenters. The summed E-state index contributed by atoms with van der Waals surface area (Å²) in [4.78, 5) is 22.3. The Morgan fingerprint density at radius 2 is 2.33 bits per heavy atom. The molecule has 1 saturated heterocycles. The summed E-state index contributed by atoms with van der Waals surface area (Å²) in [6.45, 7) is 1.46. The summed E-state index contributed by atoms with van der Waals surface area (Å²) in [6, 6.07) is 8.08. The van der Waals surface area contributed by atoms with Crippen LogP contribution in [0, 0.1) is 0 Å². The first-order chi connectivity index (χ1) is 10.3. The van der Waals surface area contributed by atoms with Crippen molar-refractivity contribution in [3.8, 4) is 0 Å². The van der Waals surface area contributed by atoms with Crippen LogP contribution >= 0.6 is 0 Å². The van der Waals surface area contributed by atoms with E-state index in [-0.39, 0.29) is 11.9 Å². The van der Waals surface area contributed by atoms with Gasteiger partial charge in [0.1, 0.15) is 5.82 Å². The van der Waals surface area contributed by atoms with Crippen LogP contribution in [0.5, 0.6) is 0 Å². The number of nitrogens with zero attached hydrogens (tertiary/aromatic N) is 2. The van der Waals surface area contributed by atoms with Crippen LogP contribution in [0.25, 0.3) is 11.0 Å². The van der Waals surface area contributed by atoms with Crippen molar-refractivity contribution in [1.82, 2.24) is 14.9 Å². The van der Waals surface area contributed by atoms with Gasteiger partial charge in [-0.1, -0.05) is 12.1 Å². The van der Waals surface area contributed by atoms with Crippen molar-refractivity contribution in [2.75, 3.05) is 20.3 Å². The van der Waals surface area contributed by atoms with Gasteiger partial charge in [-0.3, -0.25) is 4.79 Å². The van der Waals surface area contributed by atoms with Crippen LogP contribution in [0.1, 0.15) is 37.5 Å². The van der Waals surface area contributed by atoms with E-state index in [9.17, 15) is 4.79 Å². The predicted octanol–water partition coefficient (Wildman–Crippen LogP) is 2.65. The highest BCUT2D eigenvalue weighted by atomic mass is 16.5. The van der Waals surface area contributed by atoms with Crippen LogP contribution in [-0.4, -0.2) is 41.0 Å². The summed E-state index contributed by atoms with van der Waals surface area (Å²) in [6.07, 6.45) is 3.34. The van der Waals surface area contributed by atoms with Crippen LogP contribution in [-0.2, 0) is 9.53 Å². The van der Waals surface area contributed by atoms with Gasteiger partial charge in [0.05, 0.1) is 17.1 Å². The van der Waals surface area contributed by atoms with E-state index < -0.39 is 0 Å². The quantitative estimate of drug-likeness (QED) is 0.860. The van der Waals surface area contributed by atoms with E-state index in [0.717, 1.165) is 42.7 Å². The number of likely N-dealkylation sites (tertiary alicyclic amines) is 1. The van der Waals surface area contributed by atoms with Crippen LogP contribution in [0.3, 0.4) is 0 Å². The average Bonchev–Trinajstić information content (AvgIpc) is 3.13. The van der Waals surface area contributed by atoms with E-state index in [2.05, 4.69) is 9.97 Å². The Hall–Kier alpha value is -1.88. The zero-order chi connectivity index (χ0) is 14.7. The second-order valence-corrected chi connectivity index (χ2v) is 5.48. The molecule has 1 N–H and O–H groups in total. The van der Waals surface area contributed by atoms with Gasteiger partial charge in [0.2, 0.25) is 5.91 Å². The lowest BCUT2D eigenvalue weighted by molar-refractivity contribution is -0.132. The van der Waals surface area contributed by atoms with Crippen LogP contribution in [0.15, 0.2) is 24.3 Å². The summed E-state index contributed by atoms with van der Waals surface area (Å²) in [5.41, 5.74) is 2.00. The Bertz CT molecular complexity index is 590. The topological polar surface area (TPSA) is 58.2 Å². The molecule has 0 radical (unpaired) electrons. The van der Waals surface area contributed by atoms with Gasteiger partial charge in [-0.15, -0.1) is 0 Å². The molecule has 0 spiro atoms. The standard InChI is InChI=1S/C16H21N3O2/c1-21-11-5-9-15(20)19-10-4-8-14(19)16-17-12-6-2-3-7-13(12)18-16/h2-3,6-7,14H,4-5,8-11H2,1H3,(H,17,18). The Kier molecular flexibility index (Phi) is 4.20. The van der Waals surface area contributed by atoms with Crippen LogP contribution in [0.2, 0.25) is 0 Å². The second kappa shape index (κ2) is 6.26. The molecular formula is C16H21N3O2. The summed E-state index contributed by atoms with van der Waals surface area (Å²) in [7, 11) is 1.66. The molecule has 2 aromatic rings. The molecular weight excluding hydrogens is 266 g/mol. The van der Waals surface area contributed by atoms with Gasteiger partial charge in [0, 0.05) is 26.7 Å². The molecule has 0 aliphatic carbocycles. The number of carbonyl (C=O) groups excluding carboxylic acids is 1. The summed E-state index contributed by atoms with van der Waals surface area (Å²) < 4.78 is 5.02. The number of carbonyl (C=O) groups is 1. The maximum absolute atomic E-state index is 12.3. The Labute approximate surface area is 124 Å². The molecule has 112 valence electrons. The summed E-state index contributed by atoms with van der Waals surface area (Å²) in [5, 5.41) is 0. The first-order valence-electron chi connectivity index (χ1n) is 7.52. The second-order valence-electron chi connectivity index (χ2n) is 5.48. The van der Waals surface area contributed by atoms with E-state index in [1.165, 1.54) is 0 Å². The third kappa shape index (κ3) is 2.93. The molecule has 5 heteroatoms. The SMILES string of the molecule is COCCCC(=O)N1CCCC1c1nc2ccccc2[nH]1. The average molecular weight is 287 g/mol. The van der Waals surface area contributed by atoms with Crippen LogP contribution < -0.4 is 0 Å². The third-order valence-electron chi connectivity index (χ3n) is 4.04. The number of fused-ring (bicyclic) bond motifs is 1. The molecule has 1 fully saturated rings. The number of hydrogen-bond donors (Lipinski definition) is 1. The monoisotopic (exact) mass is 287 g/mol. The lowest BCUT2D eigenvalue weighted by Crippen LogP contribution is -2.31. The number of hydrogen-bond acceptors (Lipinski definition) is 3. The molecule has 1 atom stereocenters. The van der Waals surface area contributed by atoms with Crippen molar-refractivity contribution in [3.05, 3.63) is 30.1 Å². The first-order valence-corrected chi connectivity index (χ1v) is 7.52. The maximum Gasteiger partial charge on any atom is 0.223 e. The van der Waals surface area contributed by atoms with Gasteiger partial charge in [0.25, 0.3) is 0 Å². The number of nitrogens with one attached hydrogen (secondary N) is 1. The number of aromatic amines is 1. The molecule has 5 nitrogen and oxygen atoms in total. The first kappa shape index (κ1) is 14.1. The fourth-order valence-electron chi connectivity index (χ4n) is 2.99. The Morgan fingerprint density at radius 1 is 1.48 bits per heavy atom. The van der Waals surface area contributed by atoms with E-state index >= 15 is 0 Å².